The number of fused-ring (bicyclic) bond motifs is 1. The van der Waals surface area contributed by atoms with Crippen molar-refractivity contribution in [3.63, 3.8) is 0 Å². The average Bonchev–Trinajstić information content (AvgIpc) is 3.05. The Morgan fingerprint density at radius 2 is 2.17 bits per heavy atom. The molecule has 3 rings (SSSR count). The van der Waals surface area contributed by atoms with Gasteiger partial charge in [0.05, 0.1) is 16.8 Å². The van der Waals surface area contributed by atoms with Crippen LogP contribution in [0.15, 0.2) is 30.5 Å². The molecule has 0 radical (unpaired) electrons. The molecule has 4 heteroatoms. The van der Waals surface area contributed by atoms with E-state index < -0.39 is 0 Å². The Kier molecular flexibility index (Phi) is 2.67. The highest BCUT2D eigenvalue weighted by molar-refractivity contribution is 7.80. The zero-order valence-electron chi connectivity index (χ0n) is 10.2. The topological polar surface area (TPSA) is 50.9 Å². The number of hydrogen-bond acceptors (Lipinski definition) is 3. The molecular weight excluding hydrogens is 242 g/mol. The third-order valence-electron chi connectivity index (χ3n) is 3.48. The summed E-state index contributed by atoms with van der Waals surface area (Å²) in [4.78, 5) is 4.79. The fourth-order valence-corrected chi connectivity index (χ4v) is 2.35. The van der Waals surface area contributed by atoms with E-state index in [0.29, 0.717) is 11.0 Å². The highest BCUT2D eigenvalue weighted by atomic mass is 32.1. The maximum Gasteiger partial charge on any atom is 0.107 e. The minimum Gasteiger partial charge on any atom is -0.389 e. The van der Waals surface area contributed by atoms with Gasteiger partial charge in [-0.1, -0.05) is 37.3 Å². The van der Waals surface area contributed by atoms with E-state index in [1.165, 1.54) is 6.42 Å². The van der Waals surface area contributed by atoms with Gasteiger partial charge in [-0.05, 0) is 18.4 Å². The molecule has 0 amide bonds. The van der Waals surface area contributed by atoms with Gasteiger partial charge in [0.25, 0.3) is 0 Å². The molecule has 1 aromatic heterocycles. The number of nitrogens with one attached hydrogen (secondary N) is 1. The minimum atomic E-state index is 0.393. The predicted octanol–water partition coefficient (Wildman–Crippen LogP) is 2.69. The fourth-order valence-electron chi connectivity index (χ4n) is 2.19. The molecule has 1 aliphatic carbocycles. The molecule has 2 atom stereocenters. The number of pyridine rings is 1. The molecule has 1 heterocycles. The quantitative estimate of drug-likeness (QED) is 0.830. The zero-order chi connectivity index (χ0) is 12.7. The van der Waals surface area contributed by atoms with Crippen LogP contribution in [0.1, 0.15) is 18.9 Å². The number of aromatic nitrogens is 1. The second kappa shape index (κ2) is 4.21. The smallest absolute Gasteiger partial charge is 0.107 e. The van der Waals surface area contributed by atoms with Gasteiger partial charge in [-0.3, -0.25) is 4.98 Å². The van der Waals surface area contributed by atoms with Crippen LogP contribution in [0.3, 0.4) is 0 Å². The van der Waals surface area contributed by atoms with E-state index in [4.69, 9.17) is 18.0 Å². The summed E-state index contributed by atoms with van der Waals surface area (Å²) in [5.74, 6) is 0.719. The molecule has 1 aliphatic rings. The van der Waals surface area contributed by atoms with Crippen LogP contribution >= 0.6 is 12.2 Å². The Morgan fingerprint density at radius 3 is 2.83 bits per heavy atom. The first-order valence-corrected chi connectivity index (χ1v) is 6.51. The summed E-state index contributed by atoms with van der Waals surface area (Å²) >= 11 is 5.11. The number of nitrogens with two attached hydrogens (primary N) is 1. The van der Waals surface area contributed by atoms with E-state index >= 15 is 0 Å². The van der Waals surface area contributed by atoms with Gasteiger partial charge in [0.2, 0.25) is 0 Å². The average molecular weight is 257 g/mol. The SMILES string of the molecule is CC1CC1Nc1c(C(N)=S)cnc2ccccc12. The van der Waals surface area contributed by atoms with Gasteiger partial charge < -0.3 is 11.1 Å². The van der Waals surface area contributed by atoms with Crippen LogP contribution in [0.4, 0.5) is 5.69 Å². The van der Waals surface area contributed by atoms with Crippen molar-refractivity contribution in [1.29, 1.82) is 0 Å². The van der Waals surface area contributed by atoms with E-state index in [0.717, 1.165) is 28.1 Å². The van der Waals surface area contributed by atoms with Crippen molar-refractivity contribution in [1.82, 2.24) is 4.98 Å². The zero-order valence-corrected chi connectivity index (χ0v) is 11.0. The highest BCUT2D eigenvalue weighted by Crippen LogP contribution is 2.36. The van der Waals surface area contributed by atoms with Gasteiger partial charge in [-0.25, -0.2) is 0 Å². The van der Waals surface area contributed by atoms with E-state index in [1.54, 1.807) is 6.20 Å². The number of benzene rings is 1. The minimum absolute atomic E-state index is 0.393. The Balaban J connectivity index is 2.15. The lowest BCUT2D eigenvalue weighted by molar-refractivity contribution is 0.930. The van der Waals surface area contributed by atoms with Crippen LogP contribution < -0.4 is 11.1 Å². The van der Waals surface area contributed by atoms with Gasteiger partial charge in [0, 0.05) is 17.6 Å². The monoisotopic (exact) mass is 257 g/mol. The molecule has 2 aromatic rings. The third-order valence-corrected chi connectivity index (χ3v) is 3.70. The number of nitrogens with zero attached hydrogens (tertiary/aromatic N) is 1. The van der Waals surface area contributed by atoms with Crippen molar-refractivity contribution in [3.8, 4) is 0 Å². The molecule has 18 heavy (non-hydrogen) atoms. The van der Waals surface area contributed by atoms with Crippen molar-refractivity contribution < 1.29 is 0 Å². The van der Waals surface area contributed by atoms with Crippen LogP contribution in [0.2, 0.25) is 0 Å². The van der Waals surface area contributed by atoms with Gasteiger partial charge in [-0.15, -0.1) is 0 Å². The molecule has 1 saturated carbocycles. The molecular formula is C14H15N3S. The normalized spacial score (nSPS) is 21.8. The molecule has 2 unspecified atom stereocenters. The number of hydrogen-bond donors (Lipinski definition) is 2. The summed E-state index contributed by atoms with van der Waals surface area (Å²) in [6.07, 6.45) is 2.97. The standard InChI is InChI=1S/C14H15N3S/c1-8-6-12(8)17-13-9-4-2-3-5-11(9)16-7-10(13)14(15)18/h2-5,7-8,12H,6H2,1H3,(H2,15,18)(H,16,17). The Hall–Kier alpha value is -1.68. The molecule has 0 aliphatic heterocycles. The van der Waals surface area contributed by atoms with E-state index in [1.807, 2.05) is 18.2 Å². The molecule has 1 aromatic carbocycles. The highest BCUT2D eigenvalue weighted by Gasteiger charge is 2.33. The number of thiocarbonyl (C=S) groups is 1. The fraction of sp³-hybridized carbons (Fsp3) is 0.286. The number of para-hydroxylation sites is 1. The van der Waals surface area contributed by atoms with Gasteiger partial charge >= 0.3 is 0 Å². The van der Waals surface area contributed by atoms with Gasteiger partial charge in [0.15, 0.2) is 0 Å². The number of rotatable bonds is 3. The van der Waals surface area contributed by atoms with Crippen LogP contribution in [0.25, 0.3) is 10.9 Å². The third kappa shape index (κ3) is 1.93. The largest absolute Gasteiger partial charge is 0.389 e. The lowest BCUT2D eigenvalue weighted by atomic mass is 10.1. The van der Waals surface area contributed by atoms with Gasteiger partial charge in [-0.2, -0.15) is 0 Å². The number of anilines is 1. The van der Waals surface area contributed by atoms with Gasteiger partial charge in [0.1, 0.15) is 4.99 Å². The van der Waals surface area contributed by atoms with Crippen LogP contribution in [0.5, 0.6) is 0 Å². The summed E-state index contributed by atoms with van der Waals surface area (Å²) in [5.41, 5.74) is 8.62. The lowest BCUT2D eigenvalue weighted by Gasteiger charge is -2.13. The predicted molar refractivity (Wildman–Crippen MR) is 78.8 cm³/mol. The van der Waals surface area contributed by atoms with Crippen molar-refractivity contribution >= 4 is 33.8 Å². The molecule has 0 bridgehead atoms. The Bertz CT molecular complexity index is 623. The van der Waals surface area contributed by atoms with Crippen LogP contribution in [0, 0.1) is 5.92 Å². The summed E-state index contributed by atoms with van der Waals surface area (Å²) in [5, 5.41) is 4.64. The van der Waals surface area contributed by atoms with Crippen LogP contribution in [-0.4, -0.2) is 16.0 Å². The summed E-state index contributed by atoms with van der Waals surface area (Å²) < 4.78 is 0. The maximum absolute atomic E-state index is 5.79. The molecule has 3 N–H and O–H groups in total. The Morgan fingerprint density at radius 1 is 1.44 bits per heavy atom. The second-order valence-electron chi connectivity index (χ2n) is 4.89. The molecule has 0 saturated heterocycles. The first-order valence-electron chi connectivity index (χ1n) is 6.11. The first-order chi connectivity index (χ1) is 8.66. The summed E-state index contributed by atoms with van der Waals surface area (Å²) in [6.45, 7) is 2.24. The van der Waals surface area contributed by atoms with Crippen LogP contribution in [-0.2, 0) is 0 Å². The first kappa shape index (κ1) is 11.4. The Labute approximate surface area is 111 Å². The second-order valence-corrected chi connectivity index (χ2v) is 5.33. The molecule has 1 fully saturated rings. The lowest BCUT2D eigenvalue weighted by Crippen LogP contribution is -2.15. The molecule has 92 valence electrons. The van der Waals surface area contributed by atoms with E-state index in [-0.39, 0.29) is 0 Å². The van der Waals surface area contributed by atoms with E-state index in [9.17, 15) is 0 Å². The summed E-state index contributed by atoms with van der Waals surface area (Å²) in [7, 11) is 0. The maximum atomic E-state index is 5.79. The van der Waals surface area contributed by atoms with E-state index in [2.05, 4.69) is 23.3 Å². The van der Waals surface area contributed by atoms with Crippen molar-refractivity contribution in [2.75, 3.05) is 5.32 Å². The van der Waals surface area contributed by atoms with Crippen molar-refractivity contribution in [3.05, 3.63) is 36.0 Å². The van der Waals surface area contributed by atoms with Crippen molar-refractivity contribution in [2.45, 2.75) is 19.4 Å². The van der Waals surface area contributed by atoms with Crippen molar-refractivity contribution in [2.24, 2.45) is 11.7 Å². The summed E-state index contributed by atoms with van der Waals surface area (Å²) in [6, 6.07) is 8.58. The molecule has 3 nitrogen and oxygen atoms in total. The molecule has 0 spiro atoms.